The fourth-order valence-corrected chi connectivity index (χ4v) is 2.20. The molecule has 0 amide bonds. The van der Waals surface area contributed by atoms with Crippen LogP contribution in [0.25, 0.3) is 0 Å². The van der Waals surface area contributed by atoms with Crippen molar-refractivity contribution < 1.29 is 9.47 Å². The fourth-order valence-electron chi connectivity index (χ4n) is 2.20. The van der Waals surface area contributed by atoms with Gasteiger partial charge in [0, 0.05) is 19.7 Å². The van der Waals surface area contributed by atoms with E-state index in [4.69, 9.17) is 9.47 Å². The molecule has 1 saturated carbocycles. The quantitative estimate of drug-likeness (QED) is 0.768. The lowest BCUT2D eigenvalue weighted by Gasteiger charge is -2.17. The van der Waals surface area contributed by atoms with Crippen molar-refractivity contribution in [3.8, 4) is 5.75 Å². The summed E-state index contributed by atoms with van der Waals surface area (Å²) in [5.74, 6) is 1.76. The van der Waals surface area contributed by atoms with Crippen LogP contribution in [0.3, 0.4) is 0 Å². The van der Waals surface area contributed by atoms with Gasteiger partial charge in [-0.2, -0.15) is 0 Å². The van der Waals surface area contributed by atoms with Gasteiger partial charge in [0.2, 0.25) is 0 Å². The van der Waals surface area contributed by atoms with Gasteiger partial charge in [0.1, 0.15) is 5.75 Å². The predicted octanol–water partition coefficient (Wildman–Crippen LogP) is 2.60. The molecule has 3 heteroatoms. The number of nitrogens with one attached hydrogen (secondary N) is 1. The third-order valence-corrected chi connectivity index (χ3v) is 3.32. The molecule has 1 aliphatic carbocycles. The average molecular weight is 249 g/mol. The molecule has 1 N–H and O–H groups in total. The molecule has 0 radical (unpaired) electrons. The van der Waals surface area contributed by atoms with Crippen molar-refractivity contribution in [1.29, 1.82) is 0 Å². The van der Waals surface area contributed by atoms with E-state index in [0.29, 0.717) is 12.6 Å². The first-order valence-corrected chi connectivity index (χ1v) is 6.77. The molecular formula is C15H23NO2. The Morgan fingerprint density at radius 1 is 1.39 bits per heavy atom. The smallest absolute Gasteiger partial charge is 0.119 e. The Morgan fingerprint density at radius 3 is 2.89 bits per heavy atom. The molecule has 0 saturated heterocycles. The monoisotopic (exact) mass is 249 g/mol. The van der Waals surface area contributed by atoms with Gasteiger partial charge in [-0.25, -0.2) is 0 Å². The second kappa shape index (κ2) is 6.76. The largest absolute Gasteiger partial charge is 0.494 e. The summed E-state index contributed by atoms with van der Waals surface area (Å²) in [5, 5.41) is 3.59. The van der Waals surface area contributed by atoms with Gasteiger partial charge in [0.15, 0.2) is 0 Å². The molecule has 0 bridgehead atoms. The van der Waals surface area contributed by atoms with Gasteiger partial charge in [-0.1, -0.05) is 12.1 Å². The van der Waals surface area contributed by atoms with Crippen molar-refractivity contribution >= 4 is 0 Å². The van der Waals surface area contributed by atoms with E-state index in [1.807, 2.05) is 19.1 Å². The van der Waals surface area contributed by atoms with E-state index in [9.17, 15) is 0 Å². The van der Waals surface area contributed by atoms with E-state index >= 15 is 0 Å². The van der Waals surface area contributed by atoms with Crippen LogP contribution in [0.1, 0.15) is 25.3 Å². The molecule has 0 heterocycles. The summed E-state index contributed by atoms with van der Waals surface area (Å²) in [5.41, 5.74) is 1.27. The van der Waals surface area contributed by atoms with Crippen LogP contribution in [0.4, 0.5) is 0 Å². The number of benzene rings is 1. The highest BCUT2D eigenvalue weighted by atomic mass is 16.5. The van der Waals surface area contributed by atoms with Crippen molar-refractivity contribution in [3.05, 3.63) is 29.8 Å². The zero-order chi connectivity index (χ0) is 12.8. The lowest BCUT2D eigenvalue weighted by Crippen LogP contribution is -2.34. The van der Waals surface area contributed by atoms with Crippen LogP contribution in [0, 0.1) is 5.92 Å². The maximum atomic E-state index is 5.51. The van der Waals surface area contributed by atoms with Gasteiger partial charge in [-0.05, 0) is 43.4 Å². The number of rotatable bonds is 8. The van der Waals surface area contributed by atoms with Crippen molar-refractivity contribution in [2.24, 2.45) is 5.92 Å². The topological polar surface area (TPSA) is 30.5 Å². The molecule has 1 aliphatic rings. The van der Waals surface area contributed by atoms with E-state index in [2.05, 4.69) is 17.4 Å². The minimum absolute atomic E-state index is 0.491. The molecule has 2 rings (SSSR count). The summed E-state index contributed by atoms with van der Waals surface area (Å²) in [4.78, 5) is 0. The molecule has 1 atom stereocenters. The van der Waals surface area contributed by atoms with Crippen LogP contribution >= 0.6 is 0 Å². The average Bonchev–Trinajstić information content (AvgIpc) is 3.20. The van der Waals surface area contributed by atoms with Crippen molar-refractivity contribution in [3.63, 3.8) is 0 Å². The minimum Gasteiger partial charge on any atom is -0.494 e. The maximum absolute atomic E-state index is 5.51. The van der Waals surface area contributed by atoms with Crippen LogP contribution in [0.15, 0.2) is 24.3 Å². The Labute approximate surface area is 109 Å². The van der Waals surface area contributed by atoms with Gasteiger partial charge in [0.05, 0.1) is 13.2 Å². The standard InChI is InChI=1S/C15H23NO2/c1-3-18-14-6-4-5-12(9-14)10-16-15(11-17-2)13-7-8-13/h4-6,9,13,15-16H,3,7-8,10-11H2,1-2H3. The third kappa shape index (κ3) is 4.00. The van der Waals surface area contributed by atoms with Crippen LogP contribution in [-0.2, 0) is 11.3 Å². The van der Waals surface area contributed by atoms with E-state index in [1.54, 1.807) is 7.11 Å². The highest BCUT2D eigenvalue weighted by Gasteiger charge is 2.30. The Morgan fingerprint density at radius 2 is 2.22 bits per heavy atom. The van der Waals surface area contributed by atoms with Crippen molar-refractivity contribution in [2.75, 3.05) is 20.3 Å². The molecule has 0 spiro atoms. The summed E-state index contributed by atoms with van der Waals surface area (Å²) in [7, 11) is 1.77. The SMILES string of the molecule is CCOc1cccc(CNC(COC)C2CC2)c1. The van der Waals surface area contributed by atoms with Gasteiger partial charge in [0.25, 0.3) is 0 Å². The molecule has 0 aromatic heterocycles. The summed E-state index contributed by atoms with van der Waals surface area (Å²) in [6.07, 6.45) is 2.67. The van der Waals surface area contributed by atoms with Gasteiger partial charge < -0.3 is 14.8 Å². The van der Waals surface area contributed by atoms with E-state index in [-0.39, 0.29) is 0 Å². The van der Waals surface area contributed by atoms with Gasteiger partial charge >= 0.3 is 0 Å². The molecule has 1 unspecified atom stereocenters. The molecule has 18 heavy (non-hydrogen) atoms. The van der Waals surface area contributed by atoms with E-state index < -0.39 is 0 Å². The van der Waals surface area contributed by atoms with Crippen LogP contribution in [-0.4, -0.2) is 26.4 Å². The summed E-state index contributed by atoms with van der Waals surface area (Å²) in [6, 6.07) is 8.77. The molecule has 1 aromatic carbocycles. The van der Waals surface area contributed by atoms with Crippen LogP contribution in [0.5, 0.6) is 5.75 Å². The van der Waals surface area contributed by atoms with E-state index in [0.717, 1.165) is 24.8 Å². The van der Waals surface area contributed by atoms with Gasteiger partial charge in [-0.15, -0.1) is 0 Å². The second-order valence-electron chi connectivity index (χ2n) is 4.86. The summed E-state index contributed by atoms with van der Waals surface area (Å²) >= 11 is 0. The first-order valence-electron chi connectivity index (χ1n) is 6.77. The van der Waals surface area contributed by atoms with Crippen LogP contribution in [0.2, 0.25) is 0 Å². The Hall–Kier alpha value is -1.06. The molecule has 1 fully saturated rings. The van der Waals surface area contributed by atoms with Crippen molar-refractivity contribution in [1.82, 2.24) is 5.32 Å². The molecule has 100 valence electrons. The second-order valence-corrected chi connectivity index (χ2v) is 4.86. The summed E-state index contributed by atoms with van der Waals surface area (Å²) < 4.78 is 10.8. The first kappa shape index (κ1) is 13.4. The molecule has 3 nitrogen and oxygen atoms in total. The highest BCUT2D eigenvalue weighted by Crippen LogP contribution is 2.32. The van der Waals surface area contributed by atoms with Crippen molar-refractivity contribution in [2.45, 2.75) is 32.4 Å². The summed E-state index contributed by atoms with van der Waals surface area (Å²) in [6.45, 7) is 4.40. The Bertz CT molecular complexity index is 363. The molecular weight excluding hydrogens is 226 g/mol. The molecule has 1 aromatic rings. The fraction of sp³-hybridized carbons (Fsp3) is 0.600. The Kier molecular flexibility index (Phi) is 5.02. The predicted molar refractivity (Wildman–Crippen MR) is 72.8 cm³/mol. The van der Waals surface area contributed by atoms with Gasteiger partial charge in [-0.3, -0.25) is 0 Å². The number of ether oxygens (including phenoxy) is 2. The van der Waals surface area contributed by atoms with E-state index in [1.165, 1.54) is 18.4 Å². The minimum atomic E-state index is 0.491. The first-order chi connectivity index (χ1) is 8.83. The number of hydrogen-bond donors (Lipinski definition) is 1. The van der Waals surface area contributed by atoms with Crippen LogP contribution < -0.4 is 10.1 Å². The lowest BCUT2D eigenvalue weighted by atomic mass is 10.1. The highest BCUT2D eigenvalue weighted by molar-refractivity contribution is 5.28. The zero-order valence-electron chi connectivity index (χ0n) is 11.3. The normalized spacial score (nSPS) is 16.6. The third-order valence-electron chi connectivity index (χ3n) is 3.32. The zero-order valence-corrected chi connectivity index (χ0v) is 11.3. The maximum Gasteiger partial charge on any atom is 0.119 e. The lowest BCUT2D eigenvalue weighted by molar-refractivity contribution is 0.157. The number of methoxy groups -OCH3 is 1. The Balaban J connectivity index is 1.85. The molecule has 0 aliphatic heterocycles. The number of hydrogen-bond acceptors (Lipinski definition) is 3.